The van der Waals surface area contributed by atoms with Gasteiger partial charge in [0, 0.05) is 43.4 Å². The number of pyridine rings is 1. The summed E-state index contributed by atoms with van der Waals surface area (Å²) in [4.78, 5) is 33.7. The second kappa shape index (κ2) is 11.3. The zero-order chi connectivity index (χ0) is 30.3. The van der Waals surface area contributed by atoms with E-state index in [9.17, 15) is 18.0 Å². The summed E-state index contributed by atoms with van der Waals surface area (Å²) in [5.41, 5.74) is 0.769. The van der Waals surface area contributed by atoms with Crippen LogP contribution in [0.3, 0.4) is 0 Å². The Morgan fingerprint density at radius 1 is 1.19 bits per heavy atom. The number of ketones is 1. The molecule has 1 amide bonds. The number of nitrogens with zero attached hydrogens (tertiary/aromatic N) is 3. The minimum atomic E-state index is -3.72. The maximum atomic E-state index is 14.5. The van der Waals surface area contributed by atoms with Crippen LogP contribution in [0.4, 0.5) is 0 Å². The van der Waals surface area contributed by atoms with Crippen molar-refractivity contribution in [1.29, 1.82) is 5.26 Å². The van der Waals surface area contributed by atoms with E-state index < -0.39 is 15.7 Å². The highest BCUT2D eigenvalue weighted by Crippen LogP contribution is 2.63. The van der Waals surface area contributed by atoms with Gasteiger partial charge < -0.3 is 5.32 Å². The average Bonchev–Trinajstić information content (AvgIpc) is 3.18. The summed E-state index contributed by atoms with van der Waals surface area (Å²) in [5, 5.41) is 12.5. The minimum Gasteiger partial charge on any atom is -0.357 e. The highest BCUT2D eigenvalue weighted by Gasteiger charge is 2.57. The van der Waals surface area contributed by atoms with Crippen molar-refractivity contribution in [2.75, 3.05) is 19.4 Å². The van der Waals surface area contributed by atoms with Gasteiger partial charge in [-0.3, -0.25) is 23.7 Å². The average molecular weight is 591 g/mol. The summed E-state index contributed by atoms with van der Waals surface area (Å²) in [6, 6.07) is 12.1. The van der Waals surface area contributed by atoms with Crippen molar-refractivity contribution >= 4 is 21.8 Å². The Kier molecular flexibility index (Phi) is 8.03. The molecule has 4 fully saturated rings. The number of carbonyl (C=O) groups excluding carboxylic acids is 2. The van der Waals surface area contributed by atoms with Crippen molar-refractivity contribution in [3.8, 4) is 6.07 Å². The number of allylic oxidation sites excluding steroid dienone is 1. The van der Waals surface area contributed by atoms with Gasteiger partial charge in [0.25, 0.3) is 16.0 Å². The molecule has 10 heteroatoms. The molecule has 2 aromatic rings. The minimum absolute atomic E-state index is 0.0820. The lowest BCUT2D eigenvalue weighted by atomic mass is 9.43. The van der Waals surface area contributed by atoms with Crippen molar-refractivity contribution < 1.29 is 22.2 Å². The molecule has 1 saturated heterocycles. The molecule has 42 heavy (non-hydrogen) atoms. The van der Waals surface area contributed by atoms with Crippen molar-refractivity contribution in [3.63, 3.8) is 0 Å². The van der Waals surface area contributed by atoms with E-state index >= 15 is 0 Å². The Labute approximate surface area is 248 Å². The molecule has 6 rings (SSSR count). The third kappa shape index (κ3) is 5.86. The molecule has 5 atom stereocenters. The van der Waals surface area contributed by atoms with Gasteiger partial charge >= 0.3 is 0 Å². The van der Waals surface area contributed by atoms with Crippen molar-refractivity contribution in [2.24, 2.45) is 29.1 Å². The van der Waals surface area contributed by atoms with Crippen LogP contribution in [0.1, 0.15) is 61.5 Å². The molecule has 4 aliphatic rings. The van der Waals surface area contributed by atoms with Crippen LogP contribution >= 0.6 is 0 Å². The molecule has 0 spiro atoms. The van der Waals surface area contributed by atoms with E-state index in [1.54, 1.807) is 41.6 Å². The molecular formula is C32H38N4O5S. The topological polar surface area (TPSA) is 129 Å². The Balaban J connectivity index is 1.50. The van der Waals surface area contributed by atoms with E-state index in [0.717, 1.165) is 18.2 Å². The van der Waals surface area contributed by atoms with E-state index in [1.165, 1.54) is 12.5 Å². The predicted molar refractivity (Wildman–Crippen MR) is 157 cm³/mol. The van der Waals surface area contributed by atoms with E-state index in [2.05, 4.69) is 37.1 Å². The maximum absolute atomic E-state index is 14.5. The van der Waals surface area contributed by atoms with Crippen molar-refractivity contribution in [3.05, 3.63) is 77.4 Å². The molecule has 1 aliphatic heterocycles. The fourth-order valence-corrected chi connectivity index (χ4v) is 7.66. The number of hydrogen-bond donors (Lipinski definition) is 1. The first kappa shape index (κ1) is 29.9. The fraction of sp³-hybridized carbons (Fsp3) is 0.500. The molecular weight excluding hydrogens is 552 g/mol. The highest BCUT2D eigenvalue weighted by atomic mass is 32.2. The number of nitriles is 1. The number of hydrogen-bond acceptors (Lipinski definition) is 8. The number of benzene rings is 1. The number of amides is 1. The van der Waals surface area contributed by atoms with Crippen molar-refractivity contribution in [2.45, 2.75) is 52.0 Å². The molecule has 0 radical (unpaired) electrons. The lowest BCUT2D eigenvalue weighted by Gasteiger charge is -2.62. The van der Waals surface area contributed by atoms with Crippen LogP contribution in [-0.2, 0) is 25.5 Å². The third-order valence-electron chi connectivity index (χ3n) is 9.89. The van der Waals surface area contributed by atoms with Crippen LogP contribution in [0, 0.1) is 40.4 Å². The van der Waals surface area contributed by atoms with Crippen LogP contribution in [-0.4, -0.2) is 54.9 Å². The standard InChI is InChI=1S/C32H38N4O5S/c1-21-25(15-26-16-27(21)31(26,2)3)20-36-29(17-28(37)24-7-5-23(19-33)6-8-24)35-32(30(36)38,11-14-41-42(4,39)40)18-22-9-12-34-13-10-22/h5-10,12-13,17,21,25-27,35H,11,14-16,18,20H2,1-4H3. The lowest BCUT2D eigenvalue weighted by molar-refractivity contribution is -0.142. The number of nitrogens with one attached hydrogen (secondary N) is 1. The summed E-state index contributed by atoms with van der Waals surface area (Å²) in [7, 11) is -3.72. The molecule has 5 unspecified atom stereocenters. The summed E-state index contributed by atoms with van der Waals surface area (Å²) in [5.74, 6) is 1.76. The number of aromatic nitrogens is 1. The van der Waals surface area contributed by atoms with Crippen LogP contribution in [0.5, 0.6) is 0 Å². The van der Waals surface area contributed by atoms with Crippen LogP contribution in [0.25, 0.3) is 0 Å². The Bertz CT molecular complexity index is 1530. The van der Waals surface area contributed by atoms with Crippen LogP contribution in [0.2, 0.25) is 0 Å². The fourth-order valence-electron chi connectivity index (χ4n) is 7.27. The highest BCUT2D eigenvalue weighted by molar-refractivity contribution is 7.85. The van der Waals surface area contributed by atoms with Gasteiger partial charge in [0.15, 0.2) is 5.78 Å². The molecule has 2 bridgehead atoms. The van der Waals surface area contributed by atoms with Gasteiger partial charge in [-0.2, -0.15) is 13.7 Å². The monoisotopic (exact) mass is 590 g/mol. The van der Waals surface area contributed by atoms with Crippen LogP contribution < -0.4 is 5.32 Å². The zero-order valence-corrected chi connectivity index (χ0v) is 25.4. The number of fused-ring (bicyclic) bond motifs is 2. The van der Waals surface area contributed by atoms with E-state index in [-0.39, 0.29) is 37.1 Å². The third-order valence-corrected chi connectivity index (χ3v) is 10.5. The smallest absolute Gasteiger partial charge is 0.264 e. The first-order valence-corrected chi connectivity index (χ1v) is 16.2. The van der Waals surface area contributed by atoms with E-state index in [0.29, 0.717) is 46.7 Å². The summed E-state index contributed by atoms with van der Waals surface area (Å²) in [6.45, 7) is 7.23. The number of rotatable bonds is 10. The normalized spacial score (nSPS) is 29.1. The van der Waals surface area contributed by atoms with Gasteiger partial charge in [-0.25, -0.2) is 0 Å². The lowest BCUT2D eigenvalue weighted by Crippen LogP contribution is -2.57. The molecule has 2 heterocycles. The van der Waals surface area contributed by atoms with Gasteiger partial charge in [-0.05, 0) is 83.9 Å². The quantitative estimate of drug-likeness (QED) is 0.249. The van der Waals surface area contributed by atoms with Crippen LogP contribution in [0.15, 0.2) is 60.7 Å². The second-order valence-electron chi connectivity index (χ2n) is 12.7. The van der Waals surface area contributed by atoms with Gasteiger partial charge in [0.05, 0.1) is 24.5 Å². The Morgan fingerprint density at radius 3 is 2.48 bits per heavy atom. The Morgan fingerprint density at radius 2 is 1.88 bits per heavy atom. The predicted octanol–water partition coefficient (Wildman–Crippen LogP) is 4.08. The zero-order valence-electron chi connectivity index (χ0n) is 24.5. The first-order valence-electron chi connectivity index (χ1n) is 14.4. The molecule has 3 aliphatic carbocycles. The van der Waals surface area contributed by atoms with Gasteiger partial charge in [0.1, 0.15) is 11.4 Å². The summed E-state index contributed by atoms with van der Waals surface area (Å²) >= 11 is 0. The Hall–Kier alpha value is -3.55. The second-order valence-corrected chi connectivity index (χ2v) is 14.4. The molecule has 222 valence electrons. The summed E-state index contributed by atoms with van der Waals surface area (Å²) in [6.07, 6.45) is 8.30. The summed E-state index contributed by atoms with van der Waals surface area (Å²) < 4.78 is 28.7. The number of carbonyl (C=O) groups is 2. The SMILES string of the molecule is CC1C(CN2C(=O)C(CCOS(C)(=O)=O)(Cc3ccncc3)NC2=CC(=O)c2ccc(C#N)cc2)CC2CC1C2(C)C. The largest absolute Gasteiger partial charge is 0.357 e. The van der Waals surface area contributed by atoms with Gasteiger partial charge in [-0.1, -0.05) is 20.8 Å². The van der Waals surface area contributed by atoms with E-state index in [1.807, 2.05) is 12.1 Å². The molecule has 1 aromatic heterocycles. The maximum Gasteiger partial charge on any atom is 0.264 e. The molecule has 9 nitrogen and oxygen atoms in total. The van der Waals surface area contributed by atoms with Gasteiger partial charge in [-0.15, -0.1) is 0 Å². The van der Waals surface area contributed by atoms with Gasteiger partial charge in [0.2, 0.25) is 0 Å². The van der Waals surface area contributed by atoms with E-state index in [4.69, 9.17) is 9.44 Å². The first-order chi connectivity index (χ1) is 19.8. The molecule has 1 aromatic carbocycles. The van der Waals surface area contributed by atoms with Crippen molar-refractivity contribution in [1.82, 2.24) is 15.2 Å². The molecule has 1 N–H and O–H groups in total. The molecule has 3 saturated carbocycles.